The molecule has 1 N–H and O–H groups in total. The first-order valence-corrected chi connectivity index (χ1v) is 12.9. The highest BCUT2D eigenvalue weighted by Gasteiger charge is 2.26. The van der Waals surface area contributed by atoms with E-state index in [0.717, 1.165) is 40.3 Å². The molecule has 3 aromatic rings. The first kappa shape index (κ1) is 22.8. The van der Waals surface area contributed by atoms with E-state index >= 15 is 0 Å². The van der Waals surface area contributed by atoms with E-state index in [-0.39, 0.29) is 23.2 Å². The van der Waals surface area contributed by atoms with Gasteiger partial charge in [0.05, 0.1) is 0 Å². The zero-order valence-corrected chi connectivity index (χ0v) is 20.0. The molecule has 1 atom stereocenters. The molecule has 2 heterocycles. The number of ether oxygens (including phenoxy) is 1. The van der Waals surface area contributed by atoms with Crippen LogP contribution in [0.2, 0.25) is 0 Å². The summed E-state index contributed by atoms with van der Waals surface area (Å²) in [4.78, 5) is 28.8. The van der Waals surface area contributed by atoms with Crippen molar-refractivity contribution in [2.24, 2.45) is 0 Å². The Morgan fingerprint density at radius 3 is 2.62 bits per heavy atom. The summed E-state index contributed by atoms with van der Waals surface area (Å²) >= 11 is 1.52. The van der Waals surface area contributed by atoms with Crippen molar-refractivity contribution in [3.05, 3.63) is 70.6 Å². The van der Waals surface area contributed by atoms with Crippen molar-refractivity contribution in [2.75, 3.05) is 26.2 Å². The molecule has 1 aromatic heterocycles. The van der Waals surface area contributed by atoms with Crippen LogP contribution in [0.15, 0.2) is 54.6 Å². The number of piperidine rings is 1. The van der Waals surface area contributed by atoms with Crippen molar-refractivity contribution < 1.29 is 19.4 Å². The molecule has 6 heteroatoms. The number of likely N-dealkylation sites (tertiary alicyclic amines) is 1. The number of thiophene rings is 1. The van der Waals surface area contributed by atoms with Gasteiger partial charge in [0.2, 0.25) is 0 Å². The minimum Gasteiger partial charge on any atom is -0.508 e. The van der Waals surface area contributed by atoms with E-state index in [1.54, 1.807) is 18.2 Å². The average molecular weight is 476 g/mol. The third kappa shape index (κ3) is 4.93. The van der Waals surface area contributed by atoms with Crippen LogP contribution in [0.3, 0.4) is 0 Å². The summed E-state index contributed by atoms with van der Waals surface area (Å²) in [6.45, 7) is 3.86. The first-order valence-electron chi connectivity index (χ1n) is 12.0. The lowest BCUT2D eigenvalue weighted by molar-refractivity contribution is -0.115. The fourth-order valence-electron chi connectivity index (χ4n) is 4.84. The Kier molecular flexibility index (Phi) is 6.79. The molecule has 1 fully saturated rings. The smallest absolute Gasteiger partial charge is 0.194 e. The fraction of sp³-hybridized carbons (Fsp3) is 0.357. The van der Waals surface area contributed by atoms with Gasteiger partial charge >= 0.3 is 0 Å². The number of rotatable bonds is 7. The van der Waals surface area contributed by atoms with E-state index in [1.807, 2.05) is 36.4 Å². The van der Waals surface area contributed by atoms with Gasteiger partial charge in [-0.05, 0) is 80.9 Å². The number of phenolic OH excluding ortho intramolecular Hbond substituents is 1. The predicted octanol–water partition coefficient (Wildman–Crippen LogP) is 5.71. The molecular formula is C28H29NO4S. The highest BCUT2D eigenvalue weighted by Crippen LogP contribution is 2.42. The lowest BCUT2D eigenvalue weighted by Gasteiger charge is -2.26. The minimum atomic E-state index is -0.0443. The Morgan fingerprint density at radius 1 is 1.09 bits per heavy atom. The van der Waals surface area contributed by atoms with Gasteiger partial charge in [-0.3, -0.25) is 14.5 Å². The molecule has 1 aliphatic heterocycles. The summed E-state index contributed by atoms with van der Waals surface area (Å²) in [6, 6.07) is 12.5. The van der Waals surface area contributed by atoms with Crippen LogP contribution < -0.4 is 4.74 Å². The van der Waals surface area contributed by atoms with Gasteiger partial charge in [0.25, 0.3) is 0 Å². The Bertz CT molecular complexity index is 1220. The zero-order valence-electron chi connectivity index (χ0n) is 19.2. The van der Waals surface area contributed by atoms with Crippen LogP contribution in [0.25, 0.3) is 10.1 Å². The summed E-state index contributed by atoms with van der Waals surface area (Å²) in [7, 11) is 0. The number of aromatic hydroxyl groups is 1. The van der Waals surface area contributed by atoms with Gasteiger partial charge in [-0.15, -0.1) is 11.3 Å². The standard InChI is InChI=1S/C28H29NO4S/c30-21-8-4-20(5-9-21)28-26(24-13-10-22(31)18-25(24)34-28)27(32)19-6-11-23(12-7-19)33-17-16-29-14-2-1-3-15-29/h4,6-8,10-13,18,20,31H,1-3,5,9,14-17H2. The van der Waals surface area contributed by atoms with Crippen LogP contribution in [0.4, 0.5) is 0 Å². The number of allylic oxidation sites excluding steroid dienone is 2. The summed E-state index contributed by atoms with van der Waals surface area (Å²) < 4.78 is 6.80. The summed E-state index contributed by atoms with van der Waals surface area (Å²) in [6.07, 6.45) is 8.57. The molecule has 34 heavy (non-hydrogen) atoms. The van der Waals surface area contributed by atoms with Crippen molar-refractivity contribution in [1.82, 2.24) is 4.90 Å². The maximum atomic E-state index is 13.7. The second-order valence-corrected chi connectivity index (χ2v) is 10.2. The van der Waals surface area contributed by atoms with E-state index in [0.29, 0.717) is 30.6 Å². The third-order valence-electron chi connectivity index (χ3n) is 6.72. The lowest BCUT2D eigenvalue weighted by atomic mass is 9.89. The van der Waals surface area contributed by atoms with E-state index in [9.17, 15) is 14.7 Å². The van der Waals surface area contributed by atoms with Gasteiger partial charge in [-0.1, -0.05) is 12.5 Å². The number of benzene rings is 2. The number of hydrogen-bond donors (Lipinski definition) is 1. The van der Waals surface area contributed by atoms with Crippen molar-refractivity contribution in [1.29, 1.82) is 0 Å². The topological polar surface area (TPSA) is 66.8 Å². The molecule has 1 unspecified atom stereocenters. The molecule has 0 bridgehead atoms. The first-order chi connectivity index (χ1) is 16.6. The maximum absolute atomic E-state index is 13.7. The molecule has 2 aromatic carbocycles. The molecule has 2 aliphatic rings. The van der Waals surface area contributed by atoms with Gasteiger partial charge < -0.3 is 9.84 Å². The Balaban J connectivity index is 1.36. The monoisotopic (exact) mass is 475 g/mol. The summed E-state index contributed by atoms with van der Waals surface area (Å²) in [5, 5.41) is 10.8. The van der Waals surface area contributed by atoms with Gasteiger partial charge in [0, 0.05) is 45.0 Å². The van der Waals surface area contributed by atoms with Crippen LogP contribution in [0.1, 0.15) is 58.8 Å². The highest BCUT2D eigenvalue weighted by molar-refractivity contribution is 7.19. The summed E-state index contributed by atoms with van der Waals surface area (Å²) in [5.74, 6) is 1.05. The molecule has 176 valence electrons. The number of carbonyl (C=O) groups excluding carboxylic acids is 2. The van der Waals surface area contributed by atoms with Gasteiger partial charge in [-0.25, -0.2) is 0 Å². The molecule has 0 spiro atoms. The van der Waals surface area contributed by atoms with Crippen LogP contribution in [0, 0.1) is 0 Å². The van der Waals surface area contributed by atoms with Crippen LogP contribution in [-0.2, 0) is 4.79 Å². The fourth-order valence-corrected chi connectivity index (χ4v) is 6.19. The van der Waals surface area contributed by atoms with Crippen LogP contribution in [0.5, 0.6) is 11.5 Å². The SMILES string of the molecule is O=C1C=CC(c2sc3cc(O)ccc3c2C(=O)c2ccc(OCCN3CCCCC3)cc2)CC1. The number of hydrogen-bond acceptors (Lipinski definition) is 6. The third-order valence-corrected chi connectivity index (χ3v) is 8.01. The average Bonchev–Trinajstić information content (AvgIpc) is 3.23. The highest BCUT2D eigenvalue weighted by atomic mass is 32.1. The second-order valence-electron chi connectivity index (χ2n) is 9.10. The quantitative estimate of drug-likeness (QED) is 0.444. The Hall–Kier alpha value is -2.96. The van der Waals surface area contributed by atoms with Crippen molar-refractivity contribution in [2.45, 2.75) is 38.0 Å². The van der Waals surface area contributed by atoms with E-state index in [4.69, 9.17) is 4.74 Å². The Morgan fingerprint density at radius 2 is 1.88 bits per heavy atom. The predicted molar refractivity (Wildman–Crippen MR) is 135 cm³/mol. The van der Waals surface area contributed by atoms with E-state index in [2.05, 4.69) is 4.90 Å². The molecule has 1 aliphatic carbocycles. The van der Waals surface area contributed by atoms with E-state index < -0.39 is 0 Å². The second kappa shape index (κ2) is 10.1. The zero-order chi connectivity index (χ0) is 23.5. The molecule has 1 saturated heterocycles. The molecule has 0 saturated carbocycles. The van der Waals surface area contributed by atoms with Crippen molar-refractivity contribution in [3.8, 4) is 11.5 Å². The number of phenols is 1. The minimum absolute atomic E-state index is 0.0218. The van der Waals surface area contributed by atoms with Gasteiger partial charge in [0.1, 0.15) is 18.1 Å². The molecule has 5 nitrogen and oxygen atoms in total. The maximum Gasteiger partial charge on any atom is 0.194 e. The molecular weight excluding hydrogens is 446 g/mol. The molecule has 5 rings (SSSR count). The summed E-state index contributed by atoms with van der Waals surface area (Å²) in [5.41, 5.74) is 1.27. The van der Waals surface area contributed by atoms with Crippen molar-refractivity contribution >= 4 is 33.0 Å². The van der Waals surface area contributed by atoms with E-state index in [1.165, 1.54) is 30.6 Å². The Labute approximate surface area is 203 Å². The molecule has 0 amide bonds. The van der Waals surface area contributed by atoms with Crippen LogP contribution >= 0.6 is 11.3 Å². The number of carbonyl (C=O) groups is 2. The van der Waals surface area contributed by atoms with Crippen molar-refractivity contribution in [3.63, 3.8) is 0 Å². The number of fused-ring (bicyclic) bond motifs is 1. The number of nitrogens with zero attached hydrogens (tertiary/aromatic N) is 1. The molecule has 0 radical (unpaired) electrons. The van der Waals surface area contributed by atoms with Gasteiger partial charge in [-0.2, -0.15) is 0 Å². The normalized spacial score (nSPS) is 18.9. The largest absolute Gasteiger partial charge is 0.508 e. The van der Waals surface area contributed by atoms with Crippen LogP contribution in [-0.4, -0.2) is 47.8 Å². The van der Waals surface area contributed by atoms with Gasteiger partial charge in [0.15, 0.2) is 11.6 Å². The number of ketones is 2. The lowest BCUT2D eigenvalue weighted by Crippen LogP contribution is -2.33.